The van der Waals surface area contributed by atoms with Crippen LogP contribution in [-0.4, -0.2) is 9.55 Å². The Balaban J connectivity index is 1.80. The lowest BCUT2D eigenvalue weighted by Gasteiger charge is -2.12. The summed E-state index contributed by atoms with van der Waals surface area (Å²) in [4.78, 5) is 4.20. The first-order valence-corrected chi connectivity index (χ1v) is 8.45. The van der Waals surface area contributed by atoms with Crippen molar-refractivity contribution in [2.24, 2.45) is 17.3 Å². The van der Waals surface area contributed by atoms with Gasteiger partial charge in [-0.15, -0.1) is 10.2 Å². The summed E-state index contributed by atoms with van der Waals surface area (Å²) < 4.78 is 1.83. The smallest absolute Gasteiger partial charge is 0.249 e. The zero-order chi connectivity index (χ0) is 17.9. The quantitative estimate of drug-likeness (QED) is 0.460. The molecule has 0 bridgehead atoms. The molecule has 0 saturated heterocycles. The highest BCUT2D eigenvalue weighted by Crippen LogP contribution is 2.36. The molecule has 1 aromatic heterocycles. The number of nitrogens with one attached hydrogen (secondary N) is 1. The fourth-order valence-corrected chi connectivity index (χ4v) is 2.81. The third-order valence-electron chi connectivity index (χ3n) is 4.27. The van der Waals surface area contributed by atoms with E-state index in [1.807, 2.05) is 36.0 Å². The normalized spacial score (nSPS) is 11.3. The Hall–Kier alpha value is -3.47. The summed E-state index contributed by atoms with van der Waals surface area (Å²) in [7, 11) is 1.90. The summed E-state index contributed by atoms with van der Waals surface area (Å²) in [6, 6.07) is 20.6. The molecule has 0 amide bonds. The van der Waals surface area contributed by atoms with Gasteiger partial charge >= 0.3 is 0 Å². The van der Waals surface area contributed by atoms with E-state index in [1.165, 1.54) is 5.56 Å². The predicted octanol–water partition coefficient (Wildman–Crippen LogP) is 6.04. The third kappa shape index (κ3) is 3.19. The predicted molar refractivity (Wildman–Crippen MR) is 106 cm³/mol. The molecule has 0 fully saturated rings. The Bertz CT molecular complexity index is 1080. The molecule has 5 heteroatoms. The molecular weight excluding hydrogens is 322 g/mol. The average molecular weight is 341 g/mol. The maximum absolute atomic E-state index is 4.45. The van der Waals surface area contributed by atoms with Crippen LogP contribution in [0.3, 0.4) is 0 Å². The second-order valence-electron chi connectivity index (χ2n) is 6.21. The van der Waals surface area contributed by atoms with Gasteiger partial charge in [0.25, 0.3) is 0 Å². The molecular formula is C21H19N5. The molecule has 4 rings (SSSR count). The third-order valence-corrected chi connectivity index (χ3v) is 4.27. The number of benzene rings is 3. The number of nitrogens with zero attached hydrogens (tertiary/aromatic N) is 4. The first kappa shape index (κ1) is 16.0. The molecule has 0 aliphatic heterocycles. The molecule has 5 nitrogen and oxygen atoms in total. The molecule has 1 N–H and O–H groups in total. The van der Waals surface area contributed by atoms with E-state index in [0.717, 1.165) is 27.8 Å². The van der Waals surface area contributed by atoms with E-state index in [1.54, 1.807) is 6.20 Å². The van der Waals surface area contributed by atoms with Crippen molar-refractivity contribution in [1.82, 2.24) is 9.55 Å². The number of imidazole rings is 1. The lowest BCUT2D eigenvalue weighted by molar-refractivity contribution is 0.893. The summed E-state index contributed by atoms with van der Waals surface area (Å²) in [5.41, 5.74) is 3.95. The highest BCUT2D eigenvalue weighted by Gasteiger charge is 2.08. The van der Waals surface area contributed by atoms with Gasteiger partial charge in [-0.3, -0.25) is 0 Å². The van der Waals surface area contributed by atoms with E-state index in [-0.39, 0.29) is 0 Å². The molecule has 4 aromatic rings. The van der Waals surface area contributed by atoms with Crippen molar-refractivity contribution in [3.05, 3.63) is 78.6 Å². The van der Waals surface area contributed by atoms with Gasteiger partial charge in [0.05, 0.1) is 5.69 Å². The van der Waals surface area contributed by atoms with Gasteiger partial charge in [0.1, 0.15) is 5.69 Å². The van der Waals surface area contributed by atoms with Gasteiger partial charge in [0.15, 0.2) is 0 Å². The number of hydrogen-bond donors (Lipinski definition) is 1. The molecule has 26 heavy (non-hydrogen) atoms. The Morgan fingerprint density at radius 2 is 1.73 bits per heavy atom. The van der Waals surface area contributed by atoms with E-state index in [2.05, 4.69) is 69.9 Å². The molecule has 128 valence electrons. The van der Waals surface area contributed by atoms with Crippen LogP contribution >= 0.6 is 0 Å². The van der Waals surface area contributed by atoms with Gasteiger partial charge < -0.3 is 9.88 Å². The van der Waals surface area contributed by atoms with Crippen molar-refractivity contribution < 1.29 is 0 Å². The van der Waals surface area contributed by atoms with Crippen LogP contribution in [0.15, 0.2) is 83.3 Å². The van der Waals surface area contributed by atoms with Crippen molar-refractivity contribution in [3.8, 4) is 0 Å². The van der Waals surface area contributed by atoms with E-state index < -0.39 is 0 Å². The number of hydrogen-bond acceptors (Lipinski definition) is 4. The van der Waals surface area contributed by atoms with Crippen LogP contribution < -0.4 is 5.32 Å². The SMILES string of the molecule is Cc1ccc(Nc2c(N=Nc3nccn3C)ccc3ccccc23)cc1. The van der Waals surface area contributed by atoms with Crippen LogP contribution in [0, 0.1) is 6.92 Å². The van der Waals surface area contributed by atoms with Crippen molar-refractivity contribution in [2.45, 2.75) is 6.92 Å². The van der Waals surface area contributed by atoms with E-state index in [9.17, 15) is 0 Å². The molecule has 0 aliphatic carbocycles. The number of rotatable bonds is 4. The monoisotopic (exact) mass is 341 g/mol. The van der Waals surface area contributed by atoms with Gasteiger partial charge in [0.2, 0.25) is 5.95 Å². The molecule has 0 aliphatic rings. The van der Waals surface area contributed by atoms with E-state index in [0.29, 0.717) is 5.95 Å². The van der Waals surface area contributed by atoms with Crippen molar-refractivity contribution in [3.63, 3.8) is 0 Å². The number of azo groups is 1. The number of aromatic nitrogens is 2. The Morgan fingerprint density at radius 1 is 0.923 bits per heavy atom. The first-order chi connectivity index (χ1) is 12.7. The molecule has 0 saturated carbocycles. The van der Waals surface area contributed by atoms with Crippen molar-refractivity contribution in [2.75, 3.05) is 5.32 Å². The van der Waals surface area contributed by atoms with Crippen LogP contribution in [-0.2, 0) is 7.05 Å². The van der Waals surface area contributed by atoms with Crippen LogP contribution in [0.5, 0.6) is 0 Å². The number of fused-ring (bicyclic) bond motifs is 1. The van der Waals surface area contributed by atoms with E-state index in [4.69, 9.17) is 0 Å². The second-order valence-corrected chi connectivity index (χ2v) is 6.21. The second kappa shape index (κ2) is 6.80. The van der Waals surface area contributed by atoms with E-state index >= 15 is 0 Å². The highest BCUT2D eigenvalue weighted by atomic mass is 15.3. The molecule has 0 radical (unpaired) electrons. The standard InChI is InChI=1S/C21H19N5/c1-15-7-10-17(11-8-15)23-20-18-6-4-3-5-16(18)9-12-19(20)24-25-21-22-13-14-26(21)2/h3-14,23H,1-2H3. The first-order valence-electron chi connectivity index (χ1n) is 8.45. The molecule has 1 heterocycles. The van der Waals surface area contributed by atoms with Crippen LogP contribution in [0.4, 0.5) is 23.0 Å². The lowest BCUT2D eigenvalue weighted by atomic mass is 10.1. The molecule has 3 aromatic carbocycles. The van der Waals surface area contributed by atoms with Crippen molar-refractivity contribution >= 4 is 33.8 Å². The van der Waals surface area contributed by atoms with Gasteiger partial charge in [-0.1, -0.05) is 48.0 Å². The van der Waals surface area contributed by atoms with Crippen LogP contribution in [0.1, 0.15) is 5.56 Å². The largest absolute Gasteiger partial charge is 0.353 e. The fourth-order valence-electron chi connectivity index (χ4n) is 2.81. The van der Waals surface area contributed by atoms with Gasteiger partial charge in [0, 0.05) is 30.5 Å². The topological polar surface area (TPSA) is 54.6 Å². The minimum Gasteiger partial charge on any atom is -0.353 e. The summed E-state index contributed by atoms with van der Waals surface area (Å²) in [5.74, 6) is 0.569. The summed E-state index contributed by atoms with van der Waals surface area (Å²) >= 11 is 0. The minimum atomic E-state index is 0.569. The summed E-state index contributed by atoms with van der Waals surface area (Å²) in [6.07, 6.45) is 3.56. The maximum atomic E-state index is 4.45. The number of aryl methyl sites for hydroxylation is 2. The number of anilines is 2. The summed E-state index contributed by atoms with van der Waals surface area (Å²) in [6.45, 7) is 2.08. The molecule has 0 atom stereocenters. The zero-order valence-corrected chi connectivity index (χ0v) is 14.7. The molecule has 0 unspecified atom stereocenters. The van der Waals surface area contributed by atoms with Crippen LogP contribution in [0.25, 0.3) is 10.8 Å². The highest BCUT2D eigenvalue weighted by molar-refractivity contribution is 6.00. The molecule has 0 spiro atoms. The maximum Gasteiger partial charge on any atom is 0.249 e. The summed E-state index contributed by atoms with van der Waals surface area (Å²) in [5, 5.41) is 14.5. The zero-order valence-electron chi connectivity index (χ0n) is 14.7. The average Bonchev–Trinajstić information content (AvgIpc) is 3.08. The van der Waals surface area contributed by atoms with Crippen LogP contribution in [0.2, 0.25) is 0 Å². The fraction of sp³-hybridized carbons (Fsp3) is 0.0952. The van der Waals surface area contributed by atoms with Gasteiger partial charge in [-0.2, -0.15) is 0 Å². The Labute approximate surface area is 152 Å². The van der Waals surface area contributed by atoms with Gasteiger partial charge in [-0.05, 0) is 30.5 Å². The lowest BCUT2D eigenvalue weighted by Crippen LogP contribution is -1.92. The van der Waals surface area contributed by atoms with Crippen molar-refractivity contribution in [1.29, 1.82) is 0 Å². The Kier molecular flexibility index (Phi) is 4.19. The minimum absolute atomic E-state index is 0.569. The van der Waals surface area contributed by atoms with Gasteiger partial charge in [-0.25, -0.2) is 4.98 Å². The Morgan fingerprint density at radius 3 is 2.50 bits per heavy atom.